The van der Waals surface area contributed by atoms with Crippen molar-refractivity contribution in [1.29, 1.82) is 0 Å². The van der Waals surface area contributed by atoms with Gasteiger partial charge in [-0.1, -0.05) is 29.8 Å². The molecule has 4 nitrogen and oxygen atoms in total. The van der Waals surface area contributed by atoms with Crippen molar-refractivity contribution in [2.75, 3.05) is 10.6 Å². The highest BCUT2D eigenvalue weighted by molar-refractivity contribution is 9.10. The molecule has 0 fully saturated rings. The van der Waals surface area contributed by atoms with Gasteiger partial charge >= 0.3 is 0 Å². The lowest BCUT2D eigenvalue weighted by Crippen LogP contribution is -2.12. The van der Waals surface area contributed by atoms with E-state index in [-0.39, 0.29) is 5.91 Å². The molecule has 5 heteroatoms. The monoisotopic (exact) mass is 381 g/mol. The summed E-state index contributed by atoms with van der Waals surface area (Å²) >= 11 is 3.42. The second kappa shape index (κ2) is 7.27. The number of carbonyl (C=O) groups is 1. The van der Waals surface area contributed by atoms with Crippen molar-refractivity contribution in [2.24, 2.45) is 0 Å². The molecule has 0 radical (unpaired) electrons. The molecule has 2 aromatic carbocycles. The SMILES string of the molecule is Cc1ccc(Nc2cc(C(=O)Nc3ccccc3Br)ccn2)cc1. The Kier molecular flexibility index (Phi) is 4.91. The number of nitrogens with one attached hydrogen (secondary N) is 2. The van der Waals surface area contributed by atoms with Crippen LogP contribution in [0.5, 0.6) is 0 Å². The van der Waals surface area contributed by atoms with Crippen LogP contribution in [-0.4, -0.2) is 10.9 Å². The van der Waals surface area contributed by atoms with Crippen LogP contribution in [0.25, 0.3) is 0 Å². The third kappa shape index (κ3) is 4.00. The van der Waals surface area contributed by atoms with Gasteiger partial charge in [0.05, 0.1) is 5.69 Å². The first kappa shape index (κ1) is 16.2. The summed E-state index contributed by atoms with van der Waals surface area (Å²) in [5, 5.41) is 6.08. The van der Waals surface area contributed by atoms with E-state index >= 15 is 0 Å². The number of aromatic nitrogens is 1. The van der Waals surface area contributed by atoms with E-state index in [0.29, 0.717) is 11.4 Å². The summed E-state index contributed by atoms with van der Waals surface area (Å²) in [6.07, 6.45) is 1.62. The van der Waals surface area contributed by atoms with Crippen LogP contribution in [0.2, 0.25) is 0 Å². The quantitative estimate of drug-likeness (QED) is 0.656. The number of benzene rings is 2. The van der Waals surface area contributed by atoms with Gasteiger partial charge in [-0.3, -0.25) is 4.79 Å². The zero-order valence-corrected chi connectivity index (χ0v) is 14.7. The zero-order valence-electron chi connectivity index (χ0n) is 13.1. The first-order valence-corrected chi connectivity index (χ1v) is 8.27. The Morgan fingerprint density at radius 1 is 1.04 bits per heavy atom. The Labute approximate surface area is 149 Å². The summed E-state index contributed by atoms with van der Waals surface area (Å²) in [4.78, 5) is 16.7. The molecule has 0 atom stereocenters. The van der Waals surface area contributed by atoms with Gasteiger partial charge in [-0.05, 0) is 59.3 Å². The predicted molar refractivity (Wildman–Crippen MR) is 101 cm³/mol. The van der Waals surface area contributed by atoms with Crippen molar-refractivity contribution in [2.45, 2.75) is 6.92 Å². The largest absolute Gasteiger partial charge is 0.340 e. The van der Waals surface area contributed by atoms with E-state index in [1.54, 1.807) is 18.3 Å². The zero-order chi connectivity index (χ0) is 16.9. The molecule has 0 unspecified atom stereocenters. The standard InChI is InChI=1S/C19H16BrN3O/c1-13-6-8-15(9-7-13)22-18-12-14(10-11-21-18)19(24)23-17-5-3-2-4-16(17)20/h2-12H,1H3,(H,21,22)(H,23,24). The molecule has 3 rings (SSSR count). The summed E-state index contributed by atoms with van der Waals surface area (Å²) in [5.41, 5.74) is 3.38. The lowest BCUT2D eigenvalue weighted by atomic mass is 10.2. The smallest absolute Gasteiger partial charge is 0.255 e. The number of aryl methyl sites for hydroxylation is 1. The highest BCUT2D eigenvalue weighted by Gasteiger charge is 2.09. The molecule has 0 saturated carbocycles. The molecule has 1 aromatic heterocycles. The number of carbonyl (C=O) groups excluding carboxylic acids is 1. The molecule has 0 bridgehead atoms. The third-order valence-electron chi connectivity index (χ3n) is 3.47. The Bertz CT molecular complexity index is 862. The molecular formula is C19H16BrN3O. The normalized spacial score (nSPS) is 10.2. The predicted octanol–water partition coefficient (Wildman–Crippen LogP) is 5.15. The van der Waals surface area contributed by atoms with Gasteiger partial charge in [0.25, 0.3) is 5.91 Å². The molecule has 0 aliphatic carbocycles. The average molecular weight is 382 g/mol. The van der Waals surface area contributed by atoms with Gasteiger partial charge in [0.2, 0.25) is 0 Å². The van der Waals surface area contributed by atoms with Crippen LogP contribution in [-0.2, 0) is 0 Å². The van der Waals surface area contributed by atoms with Gasteiger partial charge in [-0.2, -0.15) is 0 Å². The number of para-hydroxylation sites is 1. The van der Waals surface area contributed by atoms with Gasteiger partial charge in [0, 0.05) is 21.9 Å². The van der Waals surface area contributed by atoms with E-state index in [0.717, 1.165) is 15.8 Å². The second-order valence-electron chi connectivity index (χ2n) is 5.35. The highest BCUT2D eigenvalue weighted by atomic mass is 79.9. The Morgan fingerprint density at radius 3 is 2.54 bits per heavy atom. The molecule has 0 saturated heterocycles. The summed E-state index contributed by atoms with van der Waals surface area (Å²) < 4.78 is 0.838. The summed E-state index contributed by atoms with van der Waals surface area (Å²) in [6.45, 7) is 2.04. The molecule has 0 spiro atoms. The average Bonchev–Trinajstić information content (AvgIpc) is 2.59. The minimum Gasteiger partial charge on any atom is -0.340 e. The van der Waals surface area contributed by atoms with Crippen LogP contribution < -0.4 is 10.6 Å². The highest BCUT2D eigenvalue weighted by Crippen LogP contribution is 2.22. The fourth-order valence-electron chi connectivity index (χ4n) is 2.18. The van der Waals surface area contributed by atoms with Gasteiger partial charge < -0.3 is 10.6 Å². The molecule has 2 N–H and O–H groups in total. The van der Waals surface area contributed by atoms with Crippen LogP contribution in [0.4, 0.5) is 17.2 Å². The minimum atomic E-state index is -0.184. The van der Waals surface area contributed by atoms with Crippen molar-refractivity contribution in [3.05, 3.63) is 82.5 Å². The number of hydrogen-bond acceptors (Lipinski definition) is 3. The van der Waals surface area contributed by atoms with E-state index in [1.165, 1.54) is 5.56 Å². The number of pyridine rings is 1. The number of anilines is 3. The van der Waals surface area contributed by atoms with Crippen LogP contribution in [0.1, 0.15) is 15.9 Å². The topological polar surface area (TPSA) is 54.0 Å². The third-order valence-corrected chi connectivity index (χ3v) is 4.16. The summed E-state index contributed by atoms with van der Waals surface area (Å²) in [7, 11) is 0. The number of hydrogen-bond donors (Lipinski definition) is 2. The van der Waals surface area contributed by atoms with E-state index in [1.807, 2.05) is 55.5 Å². The Morgan fingerprint density at radius 2 is 1.79 bits per heavy atom. The van der Waals surface area contributed by atoms with Crippen molar-refractivity contribution >= 4 is 39.0 Å². The van der Waals surface area contributed by atoms with Crippen molar-refractivity contribution in [3.8, 4) is 0 Å². The second-order valence-corrected chi connectivity index (χ2v) is 6.21. The number of nitrogens with zero attached hydrogens (tertiary/aromatic N) is 1. The molecule has 24 heavy (non-hydrogen) atoms. The fourth-order valence-corrected chi connectivity index (χ4v) is 2.57. The first-order valence-electron chi connectivity index (χ1n) is 7.47. The van der Waals surface area contributed by atoms with E-state index in [4.69, 9.17) is 0 Å². The van der Waals surface area contributed by atoms with Crippen LogP contribution in [0.15, 0.2) is 71.3 Å². The minimum absolute atomic E-state index is 0.184. The summed E-state index contributed by atoms with van der Waals surface area (Å²) in [5.74, 6) is 0.440. The van der Waals surface area contributed by atoms with Crippen LogP contribution in [0, 0.1) is 6.92 Å². The van der Waals surface area contributed by atoms with Gasteiger partial charge in [-0.25, -0.2) is 4.98 Å². The summed E-state index contributed by atoms with van der Waals surface area (Å²) in [6, 6.07) is 18.9. The van der Waals surface area contributed by atoms with Crippen LogP contribution in [0.3, 0.4) is 0 Å². The van der Waals surface area contributed by atoms with Gasteiger partial charge in [0.1, 0.15) is 5.82 Å². The Hall–Kier alpha value is -2.66. The molecular weight excluding hydrogens is 366 g/mol. The van der Waals surface area contributed by atoms with E-state index in [9.17, 15) is 4.79 Å². The molecule has 1 heterocycles. The van der Waals surface area contributed by atoms with E-state index < -0.39 is 0 Å². The van der Waals surface area contributed by atoms with Gasteiger partial charge in [-0.15, -0.1) is 0 Å². The van der Waals surface area contributed by atoms with Crippen molar-refractivity contribution in [3.63, 3.8) is 0 Å². The van der Waals surface area contributed by atoms with Crippen molar-refractivity contribution in [1.82, 2.24) is 4.98 Å². The molecule has 3 aromatic rings. The van der Waals surface area contributed by atoms with E-state index in [2.05, 4.69) is 31.5 Å². The Balaban J connectivity index is 1.76. The number of rotatable bonds is 4. The molecule has 120 valence electrons. The lowest BCUT2D eigenvalue weighted by molar-refractivity contribution is 0.102. The molecule has 0 aliphatic heterocycles. The molecule has 0 aliphatic rings. The van der Waals surface area contributed by atoms with Crippen molar-refractivity contribution < 1.29 is 4.79 Å². The number of amides is 1. The molecule has 1 amide bonds. The maximum absolute atomic E-state index is 12.4. The maximum atomic E-state index is 12.4. The fraction of sp³-hybridized carbons (Fsp3) is 0.0526. The first-order chi connectivity index (χ1) is 11.6. The maximum Gasteiger partial charge on any atom is 0.255 e. The lowest BCUT2D eigenvalue weighted by Gasteiger charge is -2.09. The van der Waals surface area contributed by atoms with Crippen LogP contribution >= 0.6 is 15.9 Å². The van der Waals surface area contributed by atoms with Gasteiger partial charge in [0.15, 0.2) is 0 Å². The number of halogens is 1.